The Morgan fingerprint density at radius 1 is 1.35 bits per heavy atom. The van der Waals surface area contributed by atoms with Crippen molar-refractivity contribution < 1.29 is 24.0 Å². The number of carbonyl (C=O) groups excluding carboxylic acids is 1. The van der Waals surface area contributed by atoms with Gasteiger partial charge in [0.05, 0.1) is 13.7 Å². The first-order valence-corrected chi connectivity index (χ1v) is 9.28. The molecule has 7 nitrogen and oxygen atoms in total. The minimum absolute atomic E-state index is 0.00464. The van der Waals surface area contributed by atoms with Crippen LogP contribution in [0.1, 0.15) is 20.8 Å². The topological polar surface area (TPSA) is 88.1 Å². The SMILES string of the molecule is CON(C)C(=O)[C@H](CO[Si](C)(C)C(C)(C)C)NC(=O)O. The van der Waals surface area contributed by atoms with E-state index in [2.05, 4.69) is 26.1 Å². The van der Waals surface area contributed by atoms with E-state index in [1.807, 2.05) is 13.1 Å². The second kappa shape index (κ2) is 7.05. The van der Waals surface area contributed by atoms with Crippen molar-refractivity contribution in [2.75, 3.05) is 20.8 Å². The molecule has 118 valence electrons. The van der Waals surface area contributed by atoms with Gasteiger partial charge in [-0.3, -0.25) is 9.63 Å². The zero-order valence-electron chi connectivity index (χ0n) is 13.3. The van der Waals surface area contributed by atoms with Crippen molar-refractivity contribution in [3.05, 3.63) is 0 Å². The maximum Gasteiger partial charge on any atom is 0.405 e. The first-order valence-electron chi connectivity index (χ1n) is 6.37. The molecule has 0 aromatic rings. The Balaban J connectivity index is 4.84. The van der Waals surface area contributed by atoms with Gasteiger partial charge in [0.1, 0.15) is 6.04 Å². The van der Waals surface area contributed by atoms with Crippen LogP contribution >= 0.6 is 0 Å². The summed E-state index contributed by atoms with van der Waals surface area (Å²) in [6.07, 6.45) is -1.27. The van der Waals surface area contributed by atoms with E-state index in [-0.39, 0.29) is 11.6 Å². The molecule has 8 heteroatoms. The fourth-order valence-electron chi connectivity index (χ4n) is 1.14. The maximum absolute atomic E-state index is 12.0. The highest BCUT2D eigenvalue weighted by Gasteiger charge is 2.38. The number of hydroxylamine groups is 2. The minimum atomic E-state index is -2.05. The fraction of sp³-hybridized carbons (Fsp3) is 0.833. The molecule has 0 unspecified atom stereocenters. The van der Waals surface area contributed by atoms with E-state index in [1.165, 1.54) is 14.2 Å². The molecule has 0 spiro atoms. The average molecular weight is 306 g/mol. The number of nitrogens with zero attached hydrogens (tertiary/aromatic N) is 1. The molecule has 1 atom stereocenters. The Labute approximate surface area is 121 Å². The molecule has 0 saturated carbocycles. The Bertz CT molecular complexity index is 354. The van der Waals surface area contributed by atoms with Gasteiger partial charge in [-0.05, 0) is 18.1 Å². The molecule has 0 heterocycles. The predicted octanol–water partition coefficient (Wildman–Crippen LogP) is 1.66. The molecule has 2 amide bonds. The third-order valence-corrected chi connectivity index (χ3v) is 8.10. The van der Waals surface area contributed by atoms with Crippen molar-refractivity contribution in [1.82, 2.24) is 10.4 Å². The standard InChI is InChI=1S/C12H26N2O5Si/c1-12(2,3)20(6,7)19-8-9(13-11(16)17)10(15)14(4)18-5/h9,13H,8H2,1-7H3,(H,16,17)/t9-/m0/s1. The molecule has 0 radical (unpaired) electrons. The number of rotatable bonds is 6. The first kappa shape index (κ1) is 18.9. The van der Waals surface area contributed by atoms with E-state index in [1.54, 1.807) is 0 Å². The minimum Gasteiger partial charge on any atom is -0.465 e. The van der Waals surface area contributed by atoms with Gasteiger partial charge < -0.3 is 14.8 Å². The molecule has 0 aromatic carbocycles. The van der Waals surface area contributed by atoms with Gasteiger partial charge in [-0.2, -0.15) is 0 Å². The molecule has 0 aliphatic heterocycles. The lowest BCUT2D eigenvalue weighted by Gasteiger charge is -2.37. The van der Waals surface area contributed by atoms with Gasteiger partial charge in [0.25, 0.3) is 5.91 Å². The Morgan fingerprint density at radius 2 is 1.85 bits per heavy atom. The highest BCUT2D eigenvalue weighted by Crippen LogP contribution is 2.36. The third-order valence-electron chi connectivity index (χ3n) is 3.60. The summed E-state index contributed by atoms with van der Waals surface area (Å²) in [7, 11) is 0.706. The van der Waals surface area contributed by atoms with E-state index in [0.29, 0.717) is 0 Å². The van der Waals surface area contributed by atoms with Crippen LogP contribution in [0.2, 0.25) is 18.1 Å². The van der Waals surface area contributed by atoms with Gasteiger partial charge in [-0.15, -0.1) is 0 Å². The van der Waals surface area contributed by atoms with Crippen LogP contribution in [0.15, 0.2) is 0 Å². The lowest BCUT2D eigenvalue weighted by Crippen LogP contribution is -2.52. The molecule has 0 aliphatic carbocycles. The summed E-state index contributed by atoms with van der Waals surface area (Å²) in [5.41, 5.74) is 0. The van der Waals surface area contributed by atoms with Crippen LogP contribution in [0, 0.1) is 0 Å². The molecular weight excluding hydrogens is 280 g/mol. The summed E-state index contributed by atoms with van der Waals surface area (Å²) in [5.74, 6) is -0.492. The van der Waals surface area contributed by atoms with Crippen molar-refractivity contribution in [2.45, 2.75) is 44.9 Å². The zero-order valence-corrected chi connectivity index (χ0v) is 14.3. The van der Waals surface area contributed by atoms with E-state index in [9.17, 15) is 9.59 Å². The van der Waals surface area contributed by atoms with Crippen molar-refractivity contribution >= 4 is 20.3 Å². The first-order chi connectivity index (χ1) is 8.92. The highest BCUT2D eigenvalue weighted by molar-refractivity contribution is 6.74. The summed E-state index contributed by atoms with van der Waals surface area (Å²) in [4.78, 5) is 27.5. The van der Waals surface area contributed by atoms with Crippen LogP contribution in [-0.4, -0.2) is 57.3 Å². The van der Waals surface area contributed by atoms with Crippen molar-refractivity contribution in [3.8, 4) is 0 Å². The average Bonchev–Trinajstić information content (AvgIpc) is 2.30. The number of amides is 2. The van der Waals surface area contributed by atoms with Crippen LogP contribution in [-0.2, 0) is 14.1 Å². The zero-order chi connectivity index (χ0) is 16.1. The van der Waals surface area contributed by atoms with E-state index in [4.69, 9.17) is 14.4 Å². The van der Waals surface area contributed by atoms with Crippen molar-refractivity contribution in [2.24, 2.45) is 0 Å². The Kier molecular flexibility index (Phi) is 6.65. The second-order valence-corrected chi connectivity index (χ2v) is 10.9. The number of nitrogens with one attached hydrogen (secondary N) is 1. The lowest BCUT2D eigenvalue weighted by atomic mass is 10.2. The molecule has 0 aromatic heterocycles. The number of carboxylic acid groups (broad SMARTS) is 1. The second-order valence-electron chi connectivity index (χ2n) is 6.09. The number of likely N-dealkylation sites (N-methyl/N-ethyl adjacent to an activating group) is 1. The van der Waals surface area contributed by atoms with Gasteiger partial charge in [-0.1, -0.05) is 20.8 Å². The van der Waals surface area contributed by atoms with Crippen LogP contribution < -0.4 is 5.32 Å². The van der Waals surface area contributed by atoms with E-state index >= 15 is 0 Å². The maximum atomic E-state index is 12.0. The highest BCUT2D eigenvalue weighted by atomic mass is 28.4. The van der Waals surface area contributed by atoms with Gasteiger partial charge in [0.15, 0.2) is 8.32 Å². The van der Waals surface area contributed by atoms with Gasteiger partial charge in [-0.25, -0.2) is 9.86 Å². The monoisotopic (exact) mass is 306 g/mol. The van der Waals surface area contributed by atoms with Gasteiger partial charge in [0.2, 0.25) is 0 Å². The Morgan fingerprint density at radius 3 is 2.20 bits per heavy atom. The summed E-state index contributed by atoms with van der Waals surface area (Å²) in [6.45, 7) is 10.3. The quantitative estimate of drug-likeness (QED) is 0.575. The lowest BCUT2D eigenvalue weighted by molar-refractivity contribution is -0.171. The van der Waals surface area contributed by atoms with Crippen LogP contribution in [0.4, 0.5) is 4.79 Å². The van der Waals surface area contributed by atoms with Gasteiger partial charge >= 0.3 is 6.09 Å². The number of hydrogen-bond donors (Lipinski definition) is 2. The molecular formula is C12H26N2O5Si. The summed E-state index contributed by atoms with van der Waals surface area (Å²) < 4.78 is 5.88. The summed E-state index contributed by atoms with van der Waals surface area (Å²) >= 11 is 0. The molecule has 0 fully saturated rings. The molecule has 0 aliphatic rings. The molecule has 2 N–H and O–H groups in total. The fourth-order valence-corrected chi connectivity index (χ4v) is 2.16. The normalized spacial score (nSPS) is 13.8. The smallest absolute Gasteiger partial charge is 0.405 e. The predicted molar refractivity (Wildman–Crippen MR) is 77.9 cm³/mol. The summed E-state index contributed by atoms with van der Waals surface area (Å²) in [6, 6.07) is -0.980. The summed E-state index contributed by atoms with van der Waals surface area (Å²) in [5, 5.41) is 11.9. The van der Waals surface area contributed by atoms with Crippen LogP contribution in [0.5, 0.6) is 0 Å². The van der Waals surface area contributed by atoms with Crippen LogP contribution in [0.3, 0.4) is 0 Å². The van der Waals surface area contributed by atoms with E-state index in [0.717, 1.165) is 5.06 Å². The van der Waals surface area contributed by atoms with E-state index < -0.39 is 26.4 Å². The largest absolute Gasteiger partial charge is 0.465 e. The van der Waals surface area contributed by atoms with Crippen molar-refractivity contribution in [1.29, 1.82) is 0 Å². The number of hydrogen-bond acceptors (Lipinski definition) is 4. The van der Waals surface area contributed by atoms with Gasteiger partial charge in [0, 0.05) is 7.05 Å². The molecule has 0 bridgehead atoms. The molecule has 0 saturated heterocycles. The molecule has 20 heavy (non-hydrogen) atoms. The molecule has 0 rings (SSSR count). The van der Waals surface area contributed by atoms with Crippen LogP contribution in [0.25, 0.3) is 0 Å². The van der Waals surface area contributed by atoms with Crippen molar-refractivity contribution in [3.63, 3.8) is 0 Å². The number of carbonyl (C=O) groups is 2. The third kappa shape index (κ3) is 5.47. The Hall–Kier alpha value is -1.12.